The number of rotatable bonds is 5. The van der Waals surface area contributed by atoms with E-state index in [2.05, 4.69) is 24.0 Å². The Bertz CT molecular complexity index is 333. The summed E-state index contributed by atoms with van der Waals surface area (Å²) in [6, 6.07) is 8.02. The van der Waals surface area contributed by atoms with Crippen molar-refractivity contribution >= 4 is 11.8 Å². The molecule has 2 N–H and O–H groups in total. The van der Waals surface area contributed by atoms with Crippen LogP contribution in [0.2, 0.25) is 0 Å². The molecule has 1 aromatic rings. The van der Waals surface area contributed by atoms with Gasteiger partial charge in [0.15, 0.2) is 0 Å². The van der Waals surface area contributed by atoms with Gasteiger partial charge < -0.3 is 10.4 Å². The molecule has 0 bridgehead atoms. The normalized spacial score (nSPS) is 21.6. The lowest BCUT2D eigenvalue weighted by molar-refractivity contribution is 0.464. The summed E-state index contributed by atoms with van der Waals surface area (Å²) in [4.78, 5) is 0. The second-order valence-corrected chi connectivity index (χ2v) is 6.06. The van der Waals surface area contributed by atoms with Crippen molar-refractivity contribution in [2.24, 2.45) is 5.92 Å². The molecule has 2 atom stereocenters. The fraction of sp³-hybridized carbons (Fsp3) is 0.571. The van der Waals surface area contributed by atoms with Gasteiger partial charge in [0, 0.05) is 6.04 Å². The number of thioether (sulfide) groups is 1. The molecule has 2 nitrogen and oxygen atoms in total. The van der Waals surface area contributed by atoms with Crippen molar-refractivity contribution in [2.45, 2.75) is 25.8 Å². The lowest BCUT2D eigenvalue weighted by atomic mass is 10.1. The van der Waals surface area contributed by atoms with E-state index in [1.807, 2.05) is 12.1 Å². The Balaban J connectivity index is 1.72. The molecule has 1 saturated heterocycles. The predicted octanol–water partition coefficient (Wildman–Crippen LogP) is 2.67. The first-order valence-corrected chi connectivity index (χ1v) is 7.48. The van der Waals surface area contributed by atoms with Gasteiger partial charge in [-0.3, -0.25) is 0 Å². The number of phenols is 1. The molecule has 1 fully saturated rings. The summed E-state index contributed by atoms with van der Waals surface area (Å²) in [5, 5.41) is 12.8. The number of aromatic hydroxyl groups is 1. The standard InChI is InChI=1S/C14H21NOS/c1-11(15-9-13-6-7-17-10-13)8-12-2-4-14(16)5-3-12/h2-5,11,13,15-16H,6-10H2,1H3. The molecule has 1 heterocycles. The molecule has 0 aromatic heterocycles. The highest BCUT2D eigenvalue weighted by Crippen LogP contribution is 2.22. The predicted molar refractivity (Wildman–Crippen MR) is 74.7 cm³/mol. The van der Waals surface area contributed by atoms with Crippen LogP contribution >= 0.6 is 11.8 Å². The summed E-state index contributed by atoms with van der Waals surface area (Å²) in [5.74, 6) is 3.86. The van der Waals surface area contributed by atoms with Gasteiger partial charge in [0.2, 0.25) is 0 Å². The van der Waals surface area contributed by atoms with E-state index in [4.69, 9.17) is 0 Å². The van der Waals surface area contributed by atoms with Gasteiger partial charge in [-0.2, -0.15) is 11.8 Å². The molecule has 2 unspecified atom stereocenters. The van der Waals surface area contributed by atoms with Crippen LogP contribution in [0.4, 0.5) is 0 Å². The van der Waals surface area contributed by atoms with Crippen LogP contribution in [0.1, 0.15) is 18.9 Å². The van der Waals surface area contributed by atoms with E-state index in [0.717, 1.165) is 18.9 Å². The van der Waals surface area contributed by atoms with Crippen LogP contribution in [0.5, 0.6) is 5.75 Å². The molecule has 2 rings (SSSR count). The zero-order chi connectivity index (χ0) is 12.1. The van der Waals surface area contributed by atoms with Gasteiger partial charge >= 0.3 is 0 Å². The summed E-state index contributed by atoms with van der Waals surface area (Å²) >= 11 is 2.07. The molecule has 0 aliphatic carbocycles. The summed E-state index contributed by atoms with van der Waals surface area (Å²) < 4.78 is 0. The number of nitrogens with one attached hydrogen (secondary N) is 1. The second-order valence-electron chi connectivity index (χ2n) is 4.91. The van der Waals surface area contributed by atoms with Gasteiger partial charge in [-0.1, -0.05) is 12.1 Å². The minimum absolute atomic E-state index is 0.345. The third-order valence-electron chi connectivity index (χ3n) is 3.26. The van der Waals surface area contributed by atoms with Crippen molar-refractivity contribution < 1.29 is 5.11 Å². The van der Waals surface area contributed by atoms with Crippen molar-refractivity contribution in [3.05, 3.63) is 29.8 Å². The molecule has 94 valence electrons. The number of hydrogen-bond acceptors (Lipinski definition) is 3. The molecule has 0 radical (unpaired) electrons. The van der Waals surface area contributed by atoms with Gasteiger partial charge in [0.05, 0.1) is 0 Å². The third kappa shape index (κ3) is 4.25. The van der Waals surface area contributed by atoms with Crippen molar-refractivity contribution in [1.29, 1.82) is 0 Å². The topological polar surface area (TPSA) is 32.3 Å². The van der Waals surface area contributed by atoms with Crippen molar-refractivity contribution in [1.82, 2.24) is 5.32 Å². The molecule has 0 saturated carbocycles. The molecule has 3 heteroatoms. The summed E-state index contributed by atoms with van der Waals surface area (Å²) in [7, 11) is 0. The second kappa shape index (κ2) is 6.31. The fourth-order valence-electron chi connectivity index (χ4n) is 2.17. The Morgan fingerprint density at radius 1 is 1.41 bits per heavy atom. The van der Waals surface area contributed by atoms with E-state index in [9.17, 15) is 5.11 Å². The highest BCUT2D eigenvalue weighted by molar-refractivity contribution is 7.99. The first kappa shape index (κ1) is 12.8. The Morgan fingerprint density at radius 2 is 2.18 bits per heavy atom. The number of hydrogen-bond donors (Lipinski definition) is 2. The average molecular weight is 251 g/mol. The quantitative estimate of drug-likeness (QED) is 0.844. The fourth-order valence-corrected chi connectivity index (χ4v) is 3.45. The smallest absolute Gasteiger partial charge is 0.115 e. The van der Waals surface area contributed by atoms with Crippen LogP contribution in [0.3, 0.4) is 0 Å². The van der Waals surface area contributed by atoms with Crippen LogP contribution in [-0.4, -0.2) is 29.2 Å². The molecule has 0 amide bonds. The molecule has 1 aliphatic heterocycles. The van der Waals surface area contributed by atoms with E-state index in [1.54, 1.807) is 12.1 Å². The Hall–Kier alpha value is -0.670. The SMILES string of the molecule is CC(Cc1ccc(O)cc1)NCC1CCSC1. The molecule has 17 heavy (non-hydrogen) atoms. The summed E-state index contributed by atoms with van der Waals surface area (Å²) in [6.07, 6.45) is 2.39. The van der Waals surface area contributed by atoms with Gasteiger partial charge in [0.25, 0.3) is 0 Å². The Morgan fingerprint density at radius 3 is 2.82 bits per heavy atom. The van der Waals surface area contributed by atoms with Crippen molar-refractivity contribution in [2.75, 3.05) is 18.1 Å². The number of benzene rings is 1. The van der Waals surface area contributed by atoms with Crippen LogP contribution in [-0.2, 0) is 6.42 Å². The first-order chi connectivity index (χ1) is 8.24. The highest BCUT2D eigenvalue weighted by atomic mass is 32.2. The molecule has 1 aliphatic rings. The molecule has 1 aromatic carbocycles. The molecular formula is C14H21NOS. The van der Waals surface area contributed by atoms with Gasteiger partial charge in [-0.15, -0.1) is 0 Å². The van der Waals surface area contributed by atoms with Crippen LogP contribution < -0.4 is 5.32 Å². The molecule has 0 spiro atoms. The van der Waals surface area contributed by atoms with Crippen LogP contribution in [0.15, 0.2) is 24.3 Å². The first-order valence-electron chi connectivity index (χ1n) is 6.33. The maximum absolute atomic E-state index is 9.22. The van der Waals surface area contributed by atoms with Crippen molar-refractivity contribution in [3.63, 3.8) is 0 Å². The Kier molecular flexibility index (Phi) is 4.75. The van der Waals surface area contributed by atoms with Gasteiger partial charge in [0.1, 0.15) is 5.75 Å². The number of phenolic OH excluding ortho intramolecular Hbond substituents is 1. The minimum Gasteiger partial charge on any atom is -0.508 e. The minimum atomic E-state index is 0.345. The Labute approximate surface area is 108 Å². The van der Waals surface area contributed by atoms with E-state index in [1.165, 1.54) is 23.5 Å². The maximum Gasteiger partial charge on any atom is 0.115 e. The summed E-state index contributed by atoms with van der Waals surface area (Å²) in [6.45, 7) is 3.38. The monoisotopic (exact) mass is 251 g/mol. The lowest BCUT2D eigenvalue weighted by Crippen LogP contribution is -2.32. The zero-order valence-corrected chi connectivity index (χ0v) is 11.2. The van der Waals surface area contributed by atoms with Gasteiger partial charge in [-0.25, -0.2) is 0 Å². The van der Waals surface area contributed by atoms with E-state index in [0.29, 0.717) is 11.8 Å². The third-order valence-corrected chi connectivity index (χ3v) is 4.49. The highest BCUT2D eigenvalue weighted by Gasteiger charge is 2.15. The average Bonchev–Trinajstić information content (AvgIpc) is 2.83. The van der Waals surface area contributed by atoms with Crippen LogP contribution in [0, 0.1) is 5.92 Å². The van der Waals surface area contributed by atoms with E-state index >= 15 is 0 Å². The zero-order valence-electron chi connectivity index (χ0n) is 10.4. The van der Waals surface area contributed by atoms with Crippen LogP contribution in [0.25, 0.3) is 0 Å². The van der Waals surface area contributed by atoms with Crippen molar-refractivity contribution in [3.8, 4) is 5.75 Å². The maximum atomic E-state index is 9.22. The lowest BCUT2D eigenvalue weighted by Gasteiger charge is -2.16. The summed E-state index contributed by atoms with van der Waals surface area (Å²) in [5.41, 5.74) is 1.28. The molecular weight excluding hydrogens is 230 g/mol. The van der Waals surface area contributed by atoms with E-state index < -0.39 is 0 Å². The largest absolute Gasteiger partial charge is 0.508 e. The van der Waals surface area contributed by atoms with E-state index in [-0.39, 0.29) is 0 Å². The van der Waals surface area contributed by atoms with Gasteiger partial charge in [-0.05, 0) is 61.4 Å².